The van der Waals surface area contributed by atoms with E-state index in [0.717, 1.165) is 5.56 Å². The number of carboxylic acid groups (broad SMARTS) is 1. The molecule has 0 aromatic heterocycles. The maximum atomic E-state index is 12.5. The third-order valence-electron chi connectivity index (χ3n) is 4.88. The first-order valence-electron chi connectivity index (χ1n) is 9.32. The molecule has 1 aliphatic rings. The number of piperidine rings is 1. The van der Waals surface area contributed by atoms with Crippen LogP contribution in [0.4, 0.5) is 10.5 Å². The summed E-state index contributed by atoms with van der Waals surface area (Å²) in [6.07, 6.45) is 0.594. The molecular weight excluding hydrogens is 346 g/mol. The van der Waals surface area contributed by atoms with Crippen LogP contribution in [-0.4, -0.2) is 51.9 Å². The Balaban J connectivity index is 1.98. The highest BCUT2D eigenvalue weighted by atomic mass is 16.4. The molecule has 0 saturated carbocycles. The number of carboxylic acids is 1. The van der Waals surface area contributed by atoms with E-state index in [2.05, 4.69) is 5.32 Å². The molecule has 2 atom stereocenters. The van der Waals surface area contributed by atoms with E-state index in [-0.39, 0.29) is 30.4 Å². The van der Waals surface area contributed by atoms with Crippen molar-refractivity contribution in [3.05, 3.63) is 29.8 Å². The molecule has 1 heterocycles. The lowest BCUT2D eigenvalue weighted by Gasteiger charge is -2.34. The van der Waals surface area contributed by atoms with Gasteiger partial charge in [-0.3, -0.25) is 9.59 Å². The van der Waals surface area contributed by atoms with Crippen molar-refractivity contribution in [2.75, 3.05) is 18.4 Å². The monoisotopic (exact) mass is 375 g/mol. The van der Waals surface area contributed by atoms with E-state index in [1.165, 1.54) is 0 Å². The van der Waals surface area contributed by atoms with E-state index in [0.29, 0.717) is 25.2 Å². The second-order valence-corrected chi connectivity index (χ2v) is 7.65. The lowest BCUT2D eigenvalue weighted by atomic mass is 9.91. The Kier molecular flexibility index (Phi) is 6.82. The smallest absolute Gasteiger partial charge is 0.321 e. The number of likely N-dealkylation sites (tertiary alicyclic amines) is 1. The Labute approximate surface area is 160 Å². The lowest BCUT2D eigenvalue weighted by Crippen LogP contribution is -2.47. The van der Waals surface area contributed by atoms with E-state index in [1.54, 1.807) is 28.9 Å². The first kappa shape index (κ1) is 20.7. The normalized spacial score (nSPS) is 19.7. The molecular formula is C20H29N3O4. The molecule has 2 unspecified atom stereocenters. The highest BCUT2D eigenvalue weighted by Gasteiger charge is 2.31. The van der Waals surface area contributed by atoms with Gasteiger partial charge in [-0.05, 0) is 43.9 Å². The number of anilines is 1. The van der Waals surface area contributed by atoms with Crippen LogP contribution in [0, 0.1) is 11.8 Å². The predicted molar refractivity (Wildman–Crippen MR) is 103 cm³/mol. The number of nitrogens with one attached hydrogen (secondary N) is 1. The Morgan fingerprint density at radius 1 is 1.22 bits per heavy atom. The SMILES string of the molecule is CC(=O)N(Cc1ccc(NC(=O)N2CC(C)CC(C(=O)O)C2)cc1)C(C)C. The number of carbonyl (C=O) groups excluding carboxylic acids is 2. The van der Waals surface area contributed by atoms with E-state index in [4.69, 9.17) is 0 Å². The molecule has 3 amide bonds. The van der Waals surface area contributed by atoms with Crippen LogP contribution in [-0.2, 0) is 16.1 Å². The summed E-state index contributed by atoms with van der Waals surface area (Å²) in [5, 5.41) is 12.1. The van der Waals surface area contributed by atoms with Gasteiger partial charge in [0.15, 0.2) is 0 Å². The molecule has 1 saturated heterocycles. The van der Waals surface area contributed by atoms with Crippen molar-refractivity contribution in [1.29, 1.82) is 0 Å². The van der Waals surface area contributed by atoms with Crippen LogP contribution >= 0.6 is 0 Å². The highest BCUT2D eigenvalue weighted by Crippen LogP contribution is 2.23. The number of rotatable bonds is 5. The minimum absolute atomic E-state index is 0.0228. The summed E-state index contributed by atoms with van der Waals surface area (Å²) in [5.41, 5.74) is 1.63. The number of nitrogens with zero attached hydrogens (tertiary/aromatic N) is 2. The van der Waals surface area contributed by atoms with E-state index >= 15 is 0 Å². The van der Waals surface area contributed by atoms with E-state index < -0.39 is 11.9 Å². The number of amides is 3. The van der Waals surface area contributed by atoms with Crippen molar-refractivity contribution in [3.8, 4) is 0 Å². The van der Waals surface area contributed by atoms with Crippen LogP contribution < -0.4 is 5.32 Å². The molecule has 7 nitrogen and oxygen atoms in total. The summed E-state index contributed by atoms with van der Waals surface area (Å²) in [4.78, 5) is 38.8. The average molecular weight is 375 g/mol. The molecule has 0 radical (unpaired) electrons. The quantitative estimate of drug-likeness (QED) is 0.828. The van der Waals surface area contributed by atoms with Crippen LogP contribution in [0.5, 0.6) is 0 Å². The lowest BCUT2D eigenvalue weighted by molar-refractivity contribution is -0.143. The number of carbonyl (C=O) groups is 3. The van der Waals surface area contributed by atoms with Gasteiger partial charge in [0.25, 0.3) is 0 Å². The van der Waals surface area contributed by atoms with Crippen molar-refractivity contribution in [1.82, 2.24) is 9.80 Å². The molecule has 1 aliphatic heterocycles. The summed E-state index contributed by atoms with van der Waals surface area (Å²) in [6.45, 7) is 8.75. The van der Waals surface area contributed by atoms with Crippen LogP contribution in [0.3, 0.4) is 0 Å². The highest BCUT2D eigenvalue weighted by molar-refractivity contribution is 5.89. The molecule has 1 aromatic rings. The summed E-state index contributed by atoms with van der Waals surface area (Å²) in [7, 11) is 0. The molecule has 0 aliphatic carbocycles. The minimum Gasteiger partial charge on any atom is -0.481 e. The van der Waals surface area contributed by atoms with E-state index in [1.807, 2.05) is 32.9 Å². The summed E-state index contributed by atoms with van der Waals surface area (Å²) in [6, 6.07) is 7.19. The molecule has 148 valence electrons. The maximum absolute atomic E-state index is 12.5. The molecule has 2 rings (SSSR count). The van der Waals surface area contributed by atoms with Gasteiger partial charge in [0.2, 0.25) is 5.91 Å². The molecule has 1 aromatic carbocycles. The van der Waals surface area contributed by atoms with Crippen LogP contribution in [0.2, 0.25) is 0 Å². The van der Waals surface area contributed by atoms with Crippen molar-refractivity contribution in [3.63, 3.8) is 0 Å². The van der Waals surface area contributed by atoms with Gasteiger partial charge in [0.1, 0.15) is 0 Å². The van der Waals surface area contributed by atoms with Crippen LogP contribution in [0.15, 0.2) is 24.3 Å². The topological polar surface area (TPSA) is 90.0 Å². The van der Waals surface area contributed by atoms with Crippen molar-refractivity contribution < 1.29 is 19.5 Å². The van der Waals surface area contributed by atoms with E-state index in [9.17, 15) is 19.5 Å². The standard InChI is InChI=1S/C20H29N3O4/c1-13(2)23(15(4)24)11-16-5-7-18(8-6-16)21-20(27)22-10-14(3)9-17(12-22)19(25)26/h5-8,13-14,17H,9-12H2,1-4H3,(H,21,27)(H,25,26). The average Bonchev–Trinajstić information content (AvgIpc) is 2.59. The zero-order valence-electron chi connectivity index (χ0n) is 16.4. The van der Waals surface area contributed by atoms with Crippen LogP contribution in [0.25, 0.3) is 0 Å². The molecule has 0 bridgehead atoms. The molecule has 1 fully saturated rings. The summed E-state index contributed by atoms with van der Waals surface area (Å²) in [5.74, 6) is -1.20. The fourth-order valence-corrected chi connectivity index (χ4v) is 3.45. The molecule has 2 N–H and O–H groups in total. The number of hydrogen-bond donors (Lipinski definition) is 2. The minimum atomic E-state index is -0.858. The van der Waals surface area contributed by atoms with Crippen molar-refractivity contribution in [2.45, 2.75) is 46.7 Å². The fraction of sp³-hybridized carbons (Fsp3) is 0.550. The van der Waals surface area contributed by atoms with Gasteiger partial charge < -0.3 is 20.2 Å². The Morgan fingerprint density at radius 3 is 2.37 bits per heavy atom. The van der Waals surface area contributed by atoms with Crippen molar-refractivity contribution >= 4 is 23.6 Å². The zero-order valence-corrected chi connectivity index (χ0v) is 16.4. The number of hydrogen-bond acceptors (Lipinski definition) is 3. The van der Waals surface area contributed by atoms with Gasteiger partial charge in [0.05, 0.1) is 5.92 Å². The second-order valence-electron chi connectivity index (χ2n) is 7.65. The van der Waals surface area contributed by atoms with Gasteiger partial charge in [-0.1, -0.05) is 19.1 Å². The third-order valence-corrected chi connectivity index (χ3v) is 4.88. The van der Waals surface area contributed by atoms with Crippen LogP contribution in [0.1, 0.15) is 39.7 Å². The maximum Gasteiger partial charge on any atom is 0.321 e. The molecule has 27 heavy (non-hydrogen) atoms. The number of urea groups is 1. The fourth-order valence-electron chi connectivity index (χ4n) is 3.45. The largest absolute Gasteiger partial charge is 0.481 e. The van der Waals surface area contributed by atoms with Gasteiger partial charge in [-0.2, -0.15) is 0 Å². The Bertz CT molecular complexity index is 687. The van der Waals surface area contributed by atoms with Gasteiger partial charge in [0, 0.05) is 38.3 Å². The summed E-state index contributed by atoms with van der Waals surface area (Å²) < 4.78 is 0. The first-order valence-corrected chi connectivity index (χ1v) is 9.32. The number of aliphatic carboxylic acids is 1. The first-order chi connectivity index (χ1) is 12.7. The third kappa shape index (κ3) is 5.70. The van der Waals surface area contributed by atoms with Gasteiger partial charge in [-0.25, -0.2) is 4.79 Å². The predicted octanol–water partition coefficient (Wildman–Crippen LogP) is 3.02. The molecule has 7 heteroatoms. The van der Waals surface area contributed by atoms with Crippen molar-refractivity contribution in [2.24, 2.45) is 11.8 Å². The Hall–Kier alpha value is -2.57. The summed E-state index contributed by atoms with van der Waals surface area (Å²) >= 11 is 0. The zero-order chi connectivity index (χ0) is 20.1. The number of benzene rings is 1. The molecule has 0 spiro atoms. The Morgan fingerprint density at radius 2 is 1.85 bits per heavy atom. The van der Waals surface area contributed by atoms with Gasteiger partial charge >= 0.3 is 12.0 Å². The second kappa shape index (κ2) is 8.88. The van der Waals surface area contributed by atoms with Gasteiger partial charge in [-0.15, -0.1) is 0 Å².